The highest BCUT2D eigenvalue weighted by atomic mass is 16.7. The summed E-state index contributed by atoms with van der Waals surface area (Å²) in [4.78, 5) is 4.11. The monoisotopic (exact) mass is 193 g/mol. The number of ether oxygens (including phenoxy) is 2. The maximum Gasteiger partial charge on any atom is 0.199 e. The van der Waals surface area contributed by atoms with Crippen LogP contribution in [0.5, 0.6) is 5.75 Å². The summed E-state index contributed by atoms with van der Waals surface area (Å²) < 4.78 is 11.2. The first-order chi connectivity index (χ1) is 6.84. The Morgan fingerprint density at radius 1 is 1.50 bits per heavy atom. The predicted octanol–water partition coefficient (Wildman–Crippen LogP) is 2.30. The summed E-state index contributed by atoms with van der Waals surface area (Å²) in [6.45, 7) is 2.77. The largest absolute Gasteiger partial charge is 0.465 e. The average molecular weight is 193 g/mol. The Hall–Kier alpha value is -1.09. The van der Waals surface area contributed by atoms with E-state index in [2.05, 4.69) is 4.98 Å². The van der Waals surface area contributed by atoms with E-state index in [9.17, 15) is 0 Å². The van der Waals surface area contributed by atoms with Gasteiger partial charge in [0.1, 0.15) is 5.75 Å². The first kappa shape index (κ1) is 9.46. The van der Waals surface area contributed by atoms with E-state index in [1.54, 1.807) is 6.20 Å². The average Bonchev–Trinajstić information content (AvgIpc) is 2.19. The quantitative estimate of drug-likeness (QED) is 0.722. The van der Waals surface area contributed by atoms with Crippen LogP contribution >= 0.6 is 0 Å². The van der Waals surface area contributed by atoms with Crippen LogP contribution in [-0.4, -0.2) is 17.9 Å². The van der Waals surface area contributed by atoms with Crippen LogP contribution in [0.3, 0.4) is 0 Å². The summed E-state index contributed by atoms with van der Waals surface area (Å²) in [5, 5.41) is 0. The van der Waals surface area contributed by atoms with Gasteiger partial charge in [0.15, 0.2) is 6.29 Å². The van der Waals surface area contributed by atoms with Gasteiger partial charge in [-0.1, -0.05) is 0 Å². The first-order valence-corrected chi connectivity index (χ1v) is 5.05. The van der Waals surface area contributed by atoms with Gasteiger partial charge in [0.25, 0.3) is 0 Å². The molecule has 0 N–H and O–H groups in total. The molecule has 14 heavy (non-hydrogen) atoms. The van der Waals surface area contributed by atoms with Gasteiger partial charge >= 0.3 is 0 Å². The predicted molar refractivity (Wildman–Crippen MR) is 53.2 cm³/mol. The zero-order valence-electron chi connectivity index (χ0n) is 8.40. The molecule has 1 aliphatic heterocycles. The molecule has 0 radical (unpaired) electrons. The SMILES string of the molecule is Cc1cc(OC2CCCCO2)ccn1. The zero-order valence-corrected chi connectivity index (χ0v) is 8.40. The number of hydrogen-bond acceptors (Lipinski definition) is 3. The highest BCUT2D eigenvalue weighted by Gasteiger charge is 2.14. The third-order valence-electron chi connectivity index (χ3n) is 2.27. The van der Waals surface area contributed by atoms with E-state index in [0.717, 1.165) is 30.9 Å². The van der Waals surface area contributed by atoms with Gasteiger partial charge in [0.2, 0.25) is 0 Å². The van der Waals surface area contributed by atoms with Crippen LogP contribution < -0.4 is 4.74 Å². The lowest BCUT2D eigenvalue weighted by molar-refractivity contribution is -0.105. The standard InChI is InChI=1S/C11H15NO2/c1-9-8-10(5-6-12-9)14-11-4-2-3-7-13-11/h5-6,8,11H,2-4,7H2,1H3. The number of nitrogens with zero attached hydrogens (tertiary/aromatic N) is 1. The molecule has 1 atom stereocenters. The number of rotatable bonds is 2. The lowest BCUT2D eigenvalue weighted by Crippen LogP contribution is -2.24. The van der Waals surface area contributed by atoms with Crippen LogP contribution in [0.2, 0.25) is 0 Å². The van der Waals surface area contributed by atoms with Crippen LogP contribution in [0.15, 0.2) is 18.3 Å². The van der Waals surface area contributed by atoms with E-state index in [4.69, 9.17) is 9.47 Å². The van der Waals surface area contributed by atoms with E-state index >= 15 is 0 Å². The van der Waals surface area contributed by atoms with Crippen LogP contribution in [0.4, 0.5) is 0 Å². The topological polar surface area (TPSA) is 31.4 Å². The summed E-state index contributed by atoms with van der Waals surface area (Å²) >= 11 is 0. The van der Waals surface area contributed by atoms with Gasteiger partial charge in [-0.3, -0.25) is 4.98 Å². The fourth-order valence-electron chi connectivity index (χ4n) is 1.55. The Morgan fingerprint density at radius 2 is 2.43 bits per heavy atom. The van der Waals surface area contributed by atoms with Crippen molar-refractivity contribution in [2.75, 3.05) is 6.61 Å². The van der Waals surface area contributed by atoms with Crippen LogP contribution in [-0.2, 0) is 4.74 Å². The summed E-state index contributed by atoms with van der Waals surface area (Å²) in [5.41, 5.74) is 0.971. The molecule has 2 rings (SSSR count). The maximum absolute atomic E-state index is 5.67. The van der Waals surface area contributed by atoms with Crippen LogP contribution in [0, 0.1) is 6.92 Å². The van der Waals surface area contributed by atoms with Gasteiger partial charge < -0.3 is 9.47 Å². The molecule has 3 heteroatoms. The molecule has 1 unspecified atom stereocenters. The zero-order chi connectivity index (χ0) is 9.80. The highest BCUT2D eigenvalue weighted by molar-refractivity contribution is 5.21. The third-order valence-corrected chi connectivity index (χ3v) is 2.27. The number of aryl methyl sites for hydroxylation is 1. The van der Waals surface area contributed by atoms with Gasteiger partial charge in [-0.25, -0.2) is 0 Å². The van der Waals surface area contributed by atoms with E-state index in [0.29, 0.717) is 0 Å². The first-order valence-electron chi connectivity index (χ1n) is 5.05. The molecule has 0 aliphatic carbocycles. The minimum atomic E-state index is -0.0643. The lowest BCUT2D eigenvalue weighted by atomic mass is 10.2. The van der Waals surface area contributed by atoms with E-state index in [1.165, 1.54) is 6.42 Å². The Morgan fingerprint density at radius 3 is 3.14 bits per heavy atom. The van der Waals surface area contributed by atoms with Crippen molar-refractivity contribution in [3.8, 4) is 5.75 Å². The molecule has 0 amide bonds. The van der Waals surface area contributed by atoms with Crippen molar-refractivity contribution in [3.05, 3.63) is 24.0 Å². The molecule has 0 spiro atoms. The minimum Gasteiger partial charge on any atom is -0.465 e. The third kappa shape index (κ3) is 2.45. The summed E-state index contributed by atoms with van der Waals surface area (Å²) in [7, 11) is 0. The van der Waals surface area contributed by atoms with Gasteiger partial charge in [-0.15, -0.1) is 0 Å². The van der Waals surface area contributed by atoms with Crippen molar-refractivity contribution in [2.45, 2.75) is 32.5 Å². The summed E-state index contributed by atoms with van der Waals surface area (Å²) in [6.07, 6.45) is 5.02. The van der Waals surface area contributed by atoms with Gasteiger partial charge in [-0.2, -0.15) is 0 Å². The lowest BCUT2D eigenvalue weighted by Gasteiger charge is -2.23. The molecule has 2 heterocycles. The van der Waals surface area contributed by atoms with Crippen molar-refractivity contribution < 1.29 is 9.47 Å². The molecular weight excluding hydrogens is 178 g/mol. The van der Waals surface area contributed by atoms with Crippen molar-refractivity contribution in [1.82, 2.24) is 4.98 Å². The molecule has 1 aromatic heterocycles. The highest BCUT2D eigenvalue weighted by Crippen LogP contribution is 2.18. The van der Waals surface area contributed by atoms with Gasteiger partial charge in [-0.05, 0) is 25.8 Å². The molecule has 76 valence electrons. The van der Waals surface area contributed by atoms with Gasteiger partial charge in [0.05, 0.1) is 6.61 Å². The van der Waals surface area contributed by atoms with Crippen molar-refractivity contribution in [1.29, 1.82) is 0 Å². The van der Waals surface area contributed by atoms with Crippen LogP contribution in [0.1, 0.15) is 25.0 Å². The van der Waals surface area contributed by atoms with E-state index < -0.39 is 0 Å². The Kier molecular flexibility index (Phi) is 2.99. The smallest absolute Gasteiger partial charge is 0.199 e. The summed E-state index contributed by atoms with van der Waals surface area (Å²) in [6, 6.07) is 3.79. The van der Waals surface area contributed by atoms with Crippen molar-refractivity contribution in [3.63, 3.8) is 0 Å². The second kappa shape index (κ2) is 4.42. The molecule has 1 aliphatic rings. The van der Waals surface area contributed by atoms with Gasteiger partial charge in [0, 0.05) is 24.4 Å². The number of pyridine rings is 1. The van der Waals surface area contributed by atoms with E-state index in [-0.39, 0.29) is 6.29 Å². The van der Waals surface area contributed by atoms with Crippen molar-refractivity contribution in [2.24, 2.45) is 0 Å². The molecule has 1 saturated heterocycles. The maximum atomic E-state index is 5.67. The fraction of sp³-hybridized carbons (Fsp3) is 0.545. The molecular formula is C11H15NO2. The van der Waals surface area contributed by atoms with Crippen LogP contribution in [0.25, 0.3) is 0 Å². The number of aromatic nitrogens is 1. The Labute approximate surface area is 84.1 Å². The molecule has 3 nitrogen and oxygen atoms in total. The Balaban J connectivity index is 1.95. The van der Waals surface area contributed by atoms with Crippen molar-refractivity contribution >= 4 is 0 Å². The normalized spacial score (nSPS) is 21.9. The van der Waals surface area contributed by atoms with E-state index in [1.807, 2.05) is 19.1 Å². The molecule has 0 aromatic carbocycles. The summed E-state index contributed by atoms with van der Waals surface area (Å²) in [5.74, 6) is 0.851. The second-order valence-electron chi connectivity index (χ2n) is 3.55. The molecule has 1 fully saturated rings. The molecule has 0 bridgehead atoms. The Bertz CT molecular complexity index is 295. The number of hydrogen-bond donors (Lipinski definition) is 0. The fourth-order valence-corrected chi connectivity index (χ4v) is 1.55. The molecule has 0 saturated carbocycles. The second-order valence-corrected chi connectivity index (χ2v) is 3.55. The molecule has 1 aromatic rings. The minimum absolute atomic E-state index is 0.0643.